The molecule has 1 aromatic heterocycles. The summed E-state index contributed by atoms with van der Waals surface area (Å²) in [7, 11) is 3.28. The van der Waals surface area contributed by atoms with Crippen molar-refractivity contribution in [2.24, 2.45) is 0 Å². The minimum Gasteiger partial charge on any atom is -0.345 e. The Balaban J connectivity index is 2.28. The van der Waals surface area contributed by atoms with Crippen molar-refractivity contribution < 1.29 is 9.59 Å². The zero-order valence-corrected chi connectivity index (χ0v) is 12.3. The van der Waals surface area contributed by atoms with E-state index in [-0.39, 0.29) is 16.8 Å². The number of hydrogen-bond donors (Lipinski definition) is 1. The highest BCUT2D eigenvalue weighted by atomic mass is 35.5. The Bertz CT molecular complexity index is 688. The maximum Gasteiger partial charge on any atom is 0.275 e. The molecular formula is C14H13ClN4O2. The van der Waals surface area contributed by atoms with Crippen LogP contribution in [0.15, 0.2) is 36.7 Å². The first-order chi connectivity index (χ1) is 9.99. The normalized spacial score (nSPS) is 10.0. The van der Waals surface area contributed by atoms with Crippen molar-refractivity contribution in [2.75, 3.05) is 19.4 Å². The Morgan fingerprint density at radius 1 is 1.19 bits per heavy atom. The van der Waals surface area contributed by atoms with Crippen molar-refractivity contribution in [1.82, 2.24) is 14.9 Å². The summed E-state index contributed by atoms with van der Waals surface area (Å²) in [6, 6.07) is 6.74. The molecule has 108 valence electrons. The summed E-state index contributed by atoms with van der Waals surface area (Å²) >= 11 is 5.70. The molecule has 1 N–H and O–H groups in total. The molecule has 0 saturated carbocycles. The lowest BCUT2D eigenvalue weighted by molar-refractivity contribution is 0.0828. The van der Waals surface area contributed by atoms with E-state index in [1.807, 2.05) is 0 Å². The van der Waals surface area contributed by atoms with Crippen molar-refractivity contribution in [3.63, 3.8) is 0 Å². The van der Waals surface area contributed by atoms with E-state index in [1.54, 1.807) is 38.4 Å². The fraction of sp³-hybridized carbons (Fsp3) is 0.143. The average Bonchev–Trinajstić information content (AvgIpc) is 2.47. The number of amides is 2. The number of benzene rings is 1. The lowest BCUT2D eigenvalue weighted by Crippen LogP contribution is -2.24. The molecule has 2 aromatic rings. The van der Waals surface area contributed by atoms with Gasteiger partial charge in [-0.15, -0.1) is 0 Å². The fourth-order valence-electron chi connectivity index (χ4n) is 1.66. The lowest BCUT2D eigenvalue weighted by atomic mass is 10.1. The topological polar surface area (TPSA) is 75.2 Å². The first-order valence-corrected chi connectivity index (χ1v) is 6.46. The second-order valence-corrected chi connectivity index (χ2v) is 4.81. The first-order valence-electron chi connectivity index (χ1n) is 6.08. The molecule has 0 atom stereocenters. The van der Waals surface area contributed by atoms with E-state index in [9.17, 15) is 9.59 Å². The molecule has 2 rings (SSSR count). The molecule has 0 unspecified atom stereocenters. The van der Waals surface area contributed by atoms with Crippen LogP contribution in [0, 0.1) is 0 Å². The summed E-state index contributed by atoms with van der Waals surface area (Å²) in [5.74, 6) is -0.688. The van der Waals surface area contributed by atoms with E-state index < -0.39 is 5.91 Å². The van der Waals surface area contributed by atoms with Crippen molar-refractivity contribution in [3.8, 4) is 0 Å². The van der Waals surface area contributed by atoms with Crippen molar-refractivity contribution in [2.45, 2.75) is 0 Å². The largest absolute Gasteiger partial charge is 0.345 e. The van der Waals surface area contributed by atoms with Crippen LogP contribution < -0.4 is 5.32 Å². The highest BCUT2D eigenvalue weighted by Crippen LogP contribution is 2.17. The third-order valence-corrected chi connectivity index (χ3v) is 2.83. The maximum absolute atomic E-state index is 12.1. The van der Waals surface area contributed by atoms with Crippen LogP contribution in [0.4, 0.5) is 5.69 Å². The minimum atomic E-state index is -0.482. The van der Waals surface area contributed by atoms with Gasteiger partial charge in [0, 0.05) is 14.1 Å². The Morgan fingerprint density at radius 3 is 2.57 bits per heavy atom. The highest BCUT2D eigenvalue weighted by Gasteiger charge is 2.16. The molecule has 1 aromatic carbocycles. The number of carbonyl (C=O) groups is 2. The summed E-state index contributed by atoms with van der Waals surface area (Å²) in [5.41, 5.74) is 0.878. The number of rotatable bonds is 3. The molecule has 0 aliphatic rings. The smallest absolute Gasteiger partial charge is 0.275 e. The zero-order valence-electron chi connectivity index (χ0n) is 11.5. The van der Waals surface area contributed by atoms with E-state index in [0.717, 1.165) is 0 Å². The second kappa shape index (κ2) is 6.32. The standard InChI is InChI=1S/C14H13ClN4O2/c1-19(2)14(21)9-5-3-4-6-10(9)18-13(20)11-7-16-8-12(15)17-11/h3-8H,1-2H3,(H,18,20). The molecular weight excluding hydrogens is 292 g/mol. The van der Waals surface area contributed by atoms with Gasteiger partial charge in [-0.25, -0.2) is 4.98 Å². The molecule has 21 heavy (non-hydrogen) atoms. The van der Waals surface area contributed by atoms with E-state index in [4.69, 9.17) is 11.6 Å². The predicted molar refractivity (Wildman–Crippen MR) is 79.5 cm³/mol. The van der Waals surface area contributed by atoms with Gasteiger partial charge < -0.3 is 10.2 Å². The van der Waals surface area contributed by atoms with Crippen LogP contribution in [-0.2, 0) is 0 Å². The van der Waals surface area contributed by atoms with Crippen LogP contribution in [0.2, 0.25) is 5.15 Å². The van der Waals surface area contributed by atoms with E-state index in [2.05, 4.69) is 15.3 Å². The fourth-order valence-corrected chi connectivity index (χ4v) is 1.80. The summed E-state index contributed by atoms with van der Waals surface area (Å²) in [6.07, 6.45) is 2.64. The Morgan fingerprint density at radius 2 is 1.90 bits per heavy atom. The number of carbonyl (C=O) groups excluding carboxylic acids is 2. The van der Waals surface area contributed by atoms with Gasteiger partial charge in [0.15, 0.2) is 0 Å². The summed E-state index contributed by atoms with van der Waals surface area (Å²) in [6.45, 7) is 0. The first kappa shape index (κ1) is 14.9. The van der Waals surface area contributed by atoms with Crippen LogP contribution in [0.1, 0.15) is 20.8 Å². The molecule has 0 aliphatic carbocycles. The number of nitrogens with zero attached hydrogens (tertiary/aromatic N) is 3. The Labute approximate surface area is 126 Å². The number of nitrogens with one attached hydrogen (secondary N) is 1. The van der Waals surface area contributed by atoms with Gasteiger partial charge in [0.1, 0.15) is 10.8 Å². The minimum absolute atomic E-state index is 0.0783. The van der Waals surface area contributed by atoms with Gasteiger partial charge in [0.05, 0.1) is 23.6 Å². The molecule has 6 nitrogen and oxygen atoms in total. The zero-order chi connectivity index (χ0) is 15.4. The van der Waals surface area contributed by atoms with Crippen LogP contribution in [-0.4, -0.2) is 40.8 Å². The molecule has 0 saturated heterocycles. The van der Waals surface area contributed by atoms with Gasteiger partial charge in [-0.1, -0.05) is 23.7 Å². The molecule has 0 bridgehead atoms. The van der Waals surface area contributed by atoms with Gasteiger partial charge >= 0.3 is 0 Å². The summed E-state index contributed by atoms with van der Waals surface area (Å²) < 4.78 is 0. The van der Waals surface area contributed by atoms with Crippen LogP contribution >= 0.6 is 11.6 Å². The summed E-state index contributed by atoms with van der Waals surface area (Å²) in [4.78, 5) is 33.3. The van der Waals surface area contributed by atoms with Crippen molar-refractivity contribution in [3.05, 3.63) is 53.1 Å². The SMILES string of the molecule is CN(C)C(=O)c1ccccc1NC(=O)c1cncc(Cl)n1. The molecule has 0 aliphatic heterocycles. The highest BCUT2D eigenvalue weighted by molar-refractivity contribution is 6.29. The monoisotopic (exact) mass is 304 g/mol. The predicted octanol–water partition coefficient (Wildman–Crippen LogP) is 2.08. The number of anilines is 1. The van der Waals surface area contributed by atoms with E-state index in [1.165, 1.54) is 17.3 Å². The average molecular weight is 305 g/mol. The van der Waals surface area contributed by atoms with Crippen LogP contribution in [0.5, 0.6) is 0 Å². The van der Waals surface area contributed by atoms with Crippen LogP contribution in [0.25, 0.3) is 0 Å². The second-order valence-electron chi connectivity index (χ2n) is 4.43. The lowest BCUT2D eigenvalue weighted by Gasteiger charge is -2.14. The van der Waals surface area contributed by atoms with Crippen molar-refractivity contribution in [1.29, 1.82) is 0 Å². The summed E-state index contributed by atoms with van der Waals surface area (Å²) in [5, 5.41) is 2.77. The third-order valence-electron chi connectivity index (χ3n) is 2.65. The van der Waals surface area contributed by atoms with Crippen LogP contribution in [0.3, 0.4) is 0 Å². The molecule has 0 fully saturated rings. The van der Waals surface area contributed by atoms with Crippen molar-refractivity contribution >= 4 is 29.1 Å². The molecule has 2 amide bonds. The quantitative estimate of drug-likeness (QED) is 0.942. The molecule has 0 spiro atoms. The third kappa shape index (κ3) is 3.55. The van der Waals surface area contributed by atoms with Gasteiger partial charge in [0.2, 0.25) is 0 Å². The Hall–Kier alpha value is -2.47. The number of halogens is 1. The van der Waals surface area contributed by atoms with Gasteiger partial charge in [-0.05, 0) is 12.1 Å². The number of hydrogen-bond acceptors (Lipinski definition) is 4. The van der Waals surface area contributed by atoms with Gasteiger partial charge in [0.25, 0.3) is 11.8 Å². The number of aromatic nitrogens is 2. The molecule has 7 heteroatoms. The molecule has 0 radical (unpaired) electrons. The Kier molecular flexibility index (Phi) is 4.49. The maximum atomic E-state index is 12.1. The van der Waals surface area contributed by atoms with Gasteiger partial charge in [-0.2, -0.15) is 0 Å². The number of para-hydroxylation sites is 1. The van der Waals surface area contributed by atoms with E-state index in [0.29, 0.717) is 11.3 Å². The molecule has 1 heterocycles. The van der Waals surface area contributed by atoms with Gasteiger partial charge in [-0.3, -0.25) is 14.6 Å². The van der Waals surface area contributed by atoms with E-state index >= 15 is 0 Å².